The van der Waals surface area contributed by atoms with Crippen molar-refractivity contribution in [2.75, 3.05) is 6.16 Å². The van der Waals surface area contributed by atoms with Crippen LogP contribution in [0.3, 0.4) is 0 Å². The van der Waals surface area contributed by atoms with Crippen molar-refractivity contribution in [2.24, 2.45) is 0 Å². The van der Waals surface area contributed by atoms with Crippen LogP contribution in [0.25, 0.3) is 0 Å². The molecule has 0 saturated carbocycles. The Kier molecular flexibility index (Phi) is 6.00. The molecule has 1 aromatic rings. The van der Waals surface area contributed by atoms with Gasteiger partial charge in [0, 0.05) is 0 Å². The first-order chi connectivity index (χ1) is 8.68. The molecule has 108 valence electrons. The zero-order valence-corrected chi connectivity index (χ0v) is 16.6. The van der Waals surface area contributed by atoms with Crippen LogP contribution >= 0.6 is 8.07 Å². The molecule has 0 N–H and O–H groups in total. The molecule has 1 aromatic carbocycles. The molecule has 0 aliphatic heterocycles. The third-order valence-corrected chi connectivity index (χ3v) is 16.9. The minimum atomic E-state index is -1.28. The second kappa shape index (κ2) is 6.66. The molecule has 0 spiro atoms. The van der Waals surface area contributed by atoms with E-state index in [2.05, 4.69) is 80.5 Å². The second-order valence-corrected chi connectivity index (χ2v) is 20.1. The average molecular weight is 312 g/mol. The average Bonchev–Trinajstić information content (AvgIpc) is 2.26. The van der Waals surface area contributed by atoms with Gasteiger partial charge in [-0.2, -0.15) is 0 Å². The van der Waals surface area contributed by atoms with Gasteiger partial charge >= 0.3 is 0 Å². The predicted octanol–water partition coefficient (Wildman–Crippen LogP) is 5.09. The molecule has 0 aromatic heterocycles. The predicted molar refractivity (Wildman–Crippen MR) is 96.7 cm³/mol. The van der Waals surface area contributed by atoms with Crippen LogP contribution in [0, 0.1) is 0 Å². The van der Waals surface area contributed by atoms with Gasteiger partial charge in [0.15, 0.2) is 0 Å². The number of benzene rings is 1. The molecule has 0 saturated heterocycles. The summed E-state index contributed by atoms with van der Waals surface area (Å²) in [6.45, 7) is 17.4. The van der Waals surface area contributed by atoms with E-state index in [1.807, 2.05) is 0 Å². The lowest BCUT2D eigenvalue weighted by Gasteiger charge is -2.49. The Hall–Kier alpha value is 0.0438. The van der Waals surface area contributed by atoms with Crippen molar-refractivity contribution in [1.29, 1.82) is 0 Å². The minimum absolute atomic E-state index is 0.139. The minimum Gasteiger partial charge on any atom is -0.321 e. The van der Waals surface area contributed by atoms with Crippen molar-refractivity contribution in [3.63, 3.8) is 0 Å². The van der Waals surface area contributed by atoms with E-state index >= 15 is 0 Å². The van der Waals surface area contributed by atoms with Crippen molar-refractivity contribution in [2.45, 2.75) is 52.6 Å². The maximum atomic E-state index is 3.01. The third kappa shape index (κ3) is 4.82. The van der Waals surface area contributed by atoms with Crippen molar-refractivity contribution in [3.05, 3.63) is 30.3 Å². The molecule has 0 amide bonds. The van der Waals surface area contributed by atoms with Crippen molar-refractivity contribution < 1.29 is 0 Å². The SMILES string of the molecule is CCCP(c1ccccc1)N([Si](C)(C)C)[Si](C)(C)C. The van der Waals surface area contributed by atoms with Gasteiger partial charge in [-0.15, -0.1) is 0 Å². The van der Waals surface area contributed by atoms with E-state index in [-0.39, 0.29) is 8.07 Å². The molecule has 1 atom stereocenters. The van der Waals surface area contributed by atoms with Crippen LogP contribution < -0.4 is 5.30 Å². The Morgan fingerprint density at radius 2 is 1.37 bits per heavy atom. The molecule has 0 fully saturated rings. The van der Waals surface area contributed by atoms with E-state index in [4.69, 9.17) is 0 Å². The molecular formula is C15H30NPSi2. The van der Waals surface area contributed by atoms with Gasteiger partial charge in [0.25, 0.3) is 0 Å². The number of hydrogen-bond acceptors (Lipinski definition) is 1. The fourth-order valence-corrected chi connectivity index (χ4v) is 19.7. The lowest BCUT2D eigenvalue weighted by molar-refractivity contribution is 0.951. The van der Waals surface area contributed by atoms with Gasteiger partial charge in [0.2, 0.25) is 0 Å². The summed E-state index contributed by atoms with van der Waals surface area (Å²) < 4.78 is 3.01. The first-order valence-electron chi connectivity index (χ1n) is 7.30. The Morgan fingerprint density at radius 3 is 1.74 bits per heavy atom. The summed E-state index contributed by atoms with van der Waals surface area (Å²) in [6, 6.07) is 11.2. The number of nitrogens with zero attached hydrogens (tertiary/aromatic N) is 1. The van der Waals surface area contributed by atoms with E-state index in [9.17, 15) is 0 Å². The Labute approximate surface area is 123 Å². The van der Waals surface area contributed by atoms with Crippen molar-refractivity contribution in [3.8, 4) is 0 Å². The summed E-state index contributed by atoms with van der Waals surface area (Å²) in [5, 5.41) is 1.57. The molecule has 0 bridgehead atoms. The first-order valence-corrected chi connectivity index (χ1v) is 15.7. The van der Waals surface area contributed by atoms with Gasteiger partial charge in [0.1, 0.15) is 16.5 Å². The fraction of sp³-hybridized carbons (Fsp3) is 0.600. The Morgan fingerprint density at radius 1 is 0.895 bits per heavy atom. The molecule has 19 heavy (non-hydrogen) atoms. The zero-order valence-electron chi connectivity index (χ0n) is 13.7. The summed E-state index contributed by atoms with van der Waals surface area (Å²) in [6.07, 6.45) is 2.62. The van der Waals surface area contributed by atoms with Gasteiger partial charge < -0.3 is 4.00 Å². The van der Waals surface area contributed by atoms with E-state index in [1.54, 1.807) is 5.30 Å². The van der Waals surface area contributed by atoms with Crippen LogP contribution in [0.1, 0.15) is 13.3 Å². The third-order valence-electron chi connectivity index (χ3n) is 3.00. The molecule has 1 unspecified atom stereocenters. The Bertz CT molecular complexity index is 367. The lowest BCUT2D eigenvalue weighted by atomic mass is 10.4. The second-order valence-electron chi connectivity index (χ2n) is 7.11. The van der Waals surface area contributed by atoms with Gasteiger partial charge in [-0.1, -0.05) is 83.0 Å². The van der Waals surface area contributed by atoms with E-state index < -0.39 is 16.5 Å². The molecule has 0 aliphatic carbocycles. The van der Waals surface area contributed by atoms with E-state index in [0.717, 1.165) is 0 Å². The molecule has 1 nitrogen and oxygen atoms in total. The molecule has 0 aliphatic rings. The monoisotopic (exact) mass is 311 g/mol. The van der Waals surface area contributed by atoms with E-state index in [0.29, 0.717) is 0 Å². The highest BCUT2D eigenvalue weighted by Crippen LogP contribution is 2.47. The number of rotatable bonds is 6. The maximum absolute atomic E-state index is 3.01. The molecule has 1 rings (SSSR count). The van der Waals surface area contributed by atoms with Gasteiger partial charge in [-0.25, -0.2) is 0 Å². The highest BCUT2D eigenvalue weighted by molar-refractivity contribution is 7.67. The smallest absolute Gasteiger partial charge is 0.116 e. The summed E-state index contributed by atoms with van der Waals surface area (Å²) >= 11 is 0. The molecule has 0 heterocycles. The van der Waals surface area contributed by atoms with Gasteiger partial charge in [-0.3, -0.25) is 0 Å². The normalized spacial score (nSPS) is 14.7. The summed E-state index contributed by atoms with van der Waals surface area (Å²) in [5.74, 6) is 0. The van der Waals surface area contributed by atoms with Crippen LogP contribution in [0.15, 0.2) is 30.3 Å². The lowest BCUT2D eigenvalue weighted by Crippen LogP contribution is -2.57. The summed E-state index contributed by atoms with van der Waals surface area (Å²) in [5.41, 5.74) is 0. The molecule has 4 heteroatoms. The van der Waals surface area contributed by atoms with Gasteiger partial charge in [-0.05, 0) is 19.5 Å². The van der Waals surface area contributed by atoms with Crippen LogP contribution in [0.4, 0.5) is 0 Å². The summed E-state index contributed by atoms with van der Waals surface area (Å²) in [4.78, 5) is 0. The standard InChI is InChI=1S/C15H30NPSi2/c1-8-14-17(15-12-10-9-11-13-15)16(18(2,3)4)19(5,6)7/h9-13H,8,14H2,1-7H3. The number of hydrogen-bond donors (Lipinski definition) is 0. The quantitative estimate of drug-likeness (QED) is 0.522. The Balaban J connectivity index is 3.21. The van der Waals surface area contributed by atoms with Crippen LogP contribution in [0.2, 0.25) is 39.3 Å². The molecule has 0 radical (unpaired) electrons. The van der Waals surface area contributed by atoms with E-state index in [1.165, 1.54) is 12.6 Å². The topological polar surface area (TPSA) is 3.24 Å². The maximum Gasteiger partial charge on any atom is 0.116 e. The van der Waals surface area contributed by atoms with Crippen LogP contribution in [0.5, 0.6) is 0 Å². The largest absolute Gasteiger partial charge is 0.321 e. The van der Waals surface area contributed by atoms with Crippen LogP contribution in [-0.4, -0.2) is 26.6 Å². The summed E-state index contributed by atoms with van der Waals surface area (Å²) in [7, 11) is -2.70. The van der Waals surface area contributed by atoms with Crippen molar-refractivity contribution in [1.82, 2.24) is 4.00 Å². The van der Waals surface area contributed by atoms with Crippen LogP contribution in [-0.2, 0) is 0 Å². The highest BCUT2D eigenvalue weighted by Gasteiger charge is 2.39. The highest BCUT2D eigenvalue weighted by atomic mass is 31.1. The van der Waals surface area contributed by atoms with Crippen molar-refractivity contribution >= 4 is 29.8 Å². The first kappa shape index (κ1) is 17.1. The zero-order chi connectivity index (χ0) is 14.7. The molecular weight excluding hydrogens is 281 g/mol. The fourth-order valence-electron chi connectivity index (χ4n) is 2.89. The van der Waals surface area contributed by atoms with Gasteiger partial charge in [0.05, 0.1) is 0 Å².